The van der Waals surface area contributed by atoms with Crippen molar-refractivity contribution >= 4 is 35.7 Å². The summed E-state index contributed by atoms with van der Waals surface area (Å²) in [4.78, 5) is 47.1. The number of benzene rings is 1. The molecule has 1 aromatic heterocycles. The quantitative estimate of drug-likeness (QED) is 0.640. The Hall–Kier alpha value is -3.73. The van der Waals surface area contributed by atoms with Crippen LogP contribution in [0.5, 0.6) is 0 Å². The Bertz CT molecular complexity index is 1060. The molecule has 0 aliphatic heterocycles. The highest BCUT2D eigenvalue weighted by molar-refractivity contribution is 6.07. The molecular formula is C23H30N4O7. The number of aromatic nitrogens is 2. The van der Waals surface area contributed by atoms with Crippen LogP contribution in [-0.2, 0) is 16.1 Å². The lowest BCUT2D eigenvalue weighted by atomic mass is 10.2. The Labute approximate surface area is 197 Å². The Morgan fingerprint density at radius 1 is 0.912 bits per heavy atom. The minimum absolute atomic E-state index is 0.0320. The van der Waals surface area contributed by atoms with Crippen molar-refractivity contribution in [3.05, 3.63) is 41.6 Å². The van der Waals surface area contributed by atoms with E-state index in [4.69, 9.17) is 9.47 Å². The van der Waals surface area contributed by atoms with E-state index in [1.165, 1.54) is 6.07 Å². The van der Waals surface area contributed by atoms with Gasteiger partial charge in [-0.15, -0.1) is 4.90 Å². The number of nitrogens with zero attached hydrogens (tertiary/aromatic N) is 4. The van der Waals surface area contributed by atoms with Crippen molar-refractivity contribution in [3.63, 3.8) is 0 Å². The van der Waals surface area contributed by atoms with Crippen LogP contribution in [0.25, 0.3) is 0 Å². The molecule has 184 valence electrons. The molecule has 34 heavy (non-hydrogen) atoms. The smallest absolute Gasteiger partial charge is 0.427 e. The van der Waals surface area contributed by atoms with E-state index in [1.54, 1.807) is 65.8 Å². The van der Waals surface area contributed by atoms with Crippen LogP contribution in [0.1, 0.15) is 52.8 Å². The highest BCUT2D eigenvalue weighted by Crippen LogP contribution is 2.29. The van der Waals surface area contributed by atoms with E-state index in [0.29, 0.717) is 5.69 Å². The lowest BCUT2D eigenvalue weighted by Gasteiger charge is -2.28. The van der Waals surface area contributed by atoms with Gasteiger partial charge in [0.1, 0.15) is 17.0 Å². The molecule has 0 unspecified atom stereocenters. The van der Waals surface area contributed by atoms with Gasteiger partial charge < -0.3 is 19.7 Å². The zero-order valence-electron chi connectivity index (χ0n) is 20.3. The first kappa shape index (κ1) is 26.5. The highest BCUT2D eigenvalue weighted by Gasteiger charge is 2.33. The van der Waals surface area contributed by atoms with Crippen molar-refractivity contribution in [1.29, 1.82) is 0 Å². The van der Waals surface area contributed by atoms with Crippen LogP contribution in [0, 0.1) is 6.92 Å². The molecule has 0 radical (unpaired) electrons. The first-order valence-electron chi connectivity index (χ1n) is 10.5. The number of amides is 3. The number of rotatable bonds is 4. The summed E-state index contributed by atoms with van der Waals surface area (Å²) in [7, 11) is 0. The average molecular weight is 475 g/mol. The predicted molar refractivity (Wildman–Crippen MR) is 124 cm³/mol. The van der Waals surface area contributed by atoms with E-state index < -0.39 is 42.0 Å². The van der Waals surface area contributed by atoms with Crippen LogP contribution in [0.15, 0.2) is 30.3 Å². The minimum Gasteiger partial charge on any atom is -0.464 e. The molecule has 0 aliphatic carbocycles. The number of hydrogen-bond acceptors (Lipinski definition) is 8. The van der Waals surface area contributed by atoms with Gasteiger partial charge in [-0.05, 0) is 60.6 Å². The summed E-state index contributed by atoms with van der Waals surface area (Å²) in [6.07, 6.45) is -3.74. The molecule has 0 fully saturated rings. The molecule has 0 saturated heterocycles. The fourth-order valence-corrected chi connectivity index (χ4v) is 2.65. The number of aryl methyl sites for hydroxylation is 1. The van der Waals surface area contributed by atoms with Crippen molar-refractivity contribution in [3.8, 4) is 0 Å². The number of carboxylic acid groups (broad SMARTS) is 1. The summed E-state index contributed by atoms with van der Waals surface area (Å²) < 4.78 is 10.7. The molecule has 2 N–H and O–H groups in total. The van der Waals surface area contributed by atoms with Gasteiger partial charge in [-0.2, -0.15) is 4.98 Å². The molecule has 2 aromatic rings. The Kier molecular flexibility index (Phi) is 7.83. The fourth-order valence-electron chi connectivity index (χ4n) is 2.65. The van der Waals surface area contributed by atoms with Crippen LogP contribution in [0.3, 0.4) is 0 Å². The van der Waals surface area contributed by atoms with Gasteiger partial charge in [0.2, 0.25) is 5.95 Å². The van der Waals surface area contributed by atoms with Crippen LogP contribution in [-0.4, -0.2) is 49.7 Å². The summed E-state index contributed by atoms with van der Waals surface area (Å²) >= 11 is 0. The van der Waals surface area contributed by atoms with Gasteiger partial charge in [-0.1, -0.05) is 17.7 Å². The molecule has 11 nitrogen and oxygen atoms in total. The third kappa shape index (κ3) is 7.14. The normalized spacial score (nSPS) is 11.5. The molecule has 0 bridgehead atoms. The number of hydrogen-bond donors (Lipinski definition) is 2. The minimum atomic E-state index is -1.70. The Balaban J connectivity index is 2.68. The molecule has 0 spiro atoms. The summed E-state index contributed by atoms with van der Waals surface area (Å²) in [5, 5.41) is 19.4. The number of anilines is 3. The molecule has 1 aromatic carbocycles. The molecule has 1 heterocycles. The van der Waals surface area contributed by atoms with Crippen molar-refractivity contribution in [2.45, 2.75) is 66.3 Å². The monoisotopic (exact) mass is 474 g/mol. The Morgan fingerprint density at radius 2 is 1.44 bits per heavy atom. The molecular weight excluding hydrogens is 444 g/mol. The maximum absolute atomic E-state index is 13.1. The van der Waals surface area contributed by atoms with Gasteiger partial charge in [0.25, 0.3) is 0 Å². The number of carbonyl (C=O) groups is 3. The molecule has 0 atom stereocenters. The van der Waals surface area contributed by atoms with E-state index in [9.17, 15) is 24.6 Å². The van der Waals surface area contributed by atoms with Gasteiger partial charge in [-0.25, -0.2) is 24.3 Å². The largest absolute Gasteiger partial charge is 0.464 e. The van der Waals surface area contributed by atoms with Gasteiger partial charge in [0.05, 0.1) is 18.0 Å². The summed E-state index contributed by atoms with van der Waals surface area (Å²) in [5.74, 6) is -0.703. The lowest BCUT2D eigenvalue weighted by Crippen LogP contribution is -2.41. The fraction of sp³-hybridized carbons (Fsp3) is 0.435. The van der Waals surface area contributed by atoms with E-state index in [1.807, 2.05) is 6.92 Å². The van der Waals surface area contributed by atoms with Crippen LogP contribution < -0.4 is 9.80 Å². The highest BCUT2D eigenvalue weighted by atomic mass is 16.6. The summed E-state index contributed by atoms with van der Waals surface area (Å²) in [6.45, 7) is 11.1. The number of imide groups is 1. The van der Waals surface area contributed by atoms with Gasteiger partial charge >= 0.3 is 18.3 Å². The zero-order chi connectivity index (χ0) is 25.8. The van der Waals surface area contributed by atoms with Gasteiger partial charge in [0.15, 0.2) is 0 Å². The summed E-state index contributed by atoms with van der Waals surface area (Å²) in [5.41, 5.74) is -0.566. The number of aliphatic hydroxyl groups excluding tert-OH is 1. The third-order valence-corrected chi connectivity index (χ3v) is 3.98. The SMILES string of the molecule is Cc1ccc(N(C(=O)OC(C)(C)C)c2cc(CO)nc(N(C(=O)O)C(=O)OC(C)(C)C)n2)cc1. The molecule has 3 amide bonds. The van der Waals surface area contributed by atoms with Crippen molar-refractivity contribution in [2.75, 3.05) is 9.80 Å². The Morgan fingerprint density at radius 3 is 1.91 bits per heavy atom. The van der Waals surface area contributed by atoms with Crippen LogP contribution in [0.2, 0.25) is 0 Å². The van der Waals surface area contributed by atoms with Crippen molar-refractivity contribution in [1.82, 2.24) is 9.97 Å². The zero-order valence-corrected chi connectivity index (χ0v) is 20.3. The van der Waals surface area contributed by atoms with Crippen molar-refractivity contribution in [2.24, 2.45) is 0 Å². The third-order valence-electron chi connectivity index (χ3n) is 3.98. The second kappa shape index (κ2) is 10.0. The van der Waals surface area contributed by atoms with E-state index in [-0.39, 0.29) is 16.4 Å². The number of carbonyl (C=O) groups excluding carboxylic acids is 2. The van der Waals surface area contributed by atoms with E-state index in [0.717, 1.165) is 10.5 Å². The maximum Gasteiger partial charge on any atom is 0.427 e. The van der Waals surface area contributed by atoms with Gasteiger partial charge in [0, 0.05) is 6.07 Å². The predicted octanol–water partition coefficient (Wildman–Crippen LogP) is 4.77. The standard InChI is InChI=1S/C23H30N4O7/c1-14-8-10-16(11-9-14)26(20(31)33-22(2,3)4)17-12-15(13-28)24-18(25-17)27(19(29)30)21(32)34-23(5,6)7/h8-12,28H,13H2,1-7H3,(H,29,30). The first-order valence-corrected chi connectivity index (χ1v) is 10.5. The van der Waals surface area contributed by atoms with E-state index >= 15 is 0 Å². The second-order valence-electron chi connectivity index (χ2n) is 9.43. The topological polar surface area (TPSA) is 142 Å². The molecule has 0 aliphatic rings. The maximum atomic E-state index is 13.1. The number of ether oxygens (including phenoxy) is 2. The van der Waals surface area contributed by atoms with Gasteiger partial charge in [-0.3, -0.25) is 0 Å². The lowest BCUT2D eigenvalue weighted by molar-refractivity contribution is 0.0575. The van der Waals surface area contributed by atoms with Crippen LogP contribution >= 0.6 is 0 Å². The van der Waals surface area contributed by atoms with Crippen LogP contribution in [0.4, 0.5) is 31.8 Å². The summed E-state index contributed by atoms with van der Waals surface area (Å²) in [6, 6.07) is 8.14. The average Bonchev–Trinajstić information content (AvgIpc) is 2.66. The molecule has 11 heteroatoms. The van der Waals surface area contributed by atoms with Crippen molar-refractivity contribution < 1.29 is 34.1 Å². The molecule has 2 rings (SSSR count). The van der Waals surface area contributed by atoms with E-state index in [2.05, 4.69) is 9.97 Å². The first-order chi connectivity index (χ1) is 15.6. The molecule has 0 saturated carbocycles. The number of aliphatic hydroxyl groups is 1. The second-order valence-corrected chi connectivity index (χ2v) is 9.43.